The maximum absolute atomic E-state index is 12.7. The summed E-state index contributed by atoms with van der Waals surface area (Å²) in [6.45, 7) is 0.307. The average molecular weight is 364 g/mol. The number of aromatic carboxylic acids is 1. The van der Waals surface area contributed by atoms with E-state index < -0.39 is 17.9 Å². The lowest BCUT2D eigenvalue weighted by Crippen LogP contribution is -2.52. The number of fused-ring (bicyclic) bond motifs is 1. The molecule has 0 spiro atoms. The molecule has 0 saturated carbocycles. The Kier molecular flexibility index (Phi) is 3.99. The van der Waals surface area contributed by atoms with Gasteiger partial charge in [0, 0.05) is 18.5 Å². The van der Waals surface area contributed by atoms with E-state index in [4.69, 9.17) is 5.11 Å². The van der Waals surface area contributed by atoms with E-state index in [2.05, 4.69) is 5.32 Å². The molecule has 1 unspecified atom stereocenters. The molecule has 27 heavy (non-hydrogen) atoms. The maximum atomic E-state index is 12.7. The Hall–Kier alpha value is -3.48. The van der Waals surface area contributed by atoms with Crippen LogP contribution in [-0.2, 0) is 16.1 Å². The van der Waals surface area contributed by atoms with Gasteiger partial charge in [0.15, 0.2) is 0 Å². The van der Waals surface area contributed by atoms with E-state index in [1.54, 1.807) is 24.3 Å². The third kappa shape index (κ3) is 2.97. The fourth-order valence-electron chi connectivity index (χ4n) is 3.56. The van der Waals surface area contributed by atoms with Crippen molar-refractivity contribution in [2.45, 2.75) is 25.4 Å². The summed E-state index contributed by atoms with van der Waals surface area (Å²) in [7, 11) is 0. The lowest BCUT2D eigenvalue weighted by Gasteiger charge is -2.29. The zero-order chi connectivity index (χ0) is 19.1. The van der Waals surface area contributed by atoms with Gasteiger partial charge in [0.1, 0.15) is 6.04 Å². The number of carbonyl (C=O) groups is 4. The Morgan fingerprint density at radius 3 is 2.41 bits per heavy atom. The molecule has 2 aliphatic rings. The van der Waals surface area contributed by atoms with Crippen LogP contribution in [0.5, 0.6) is 0 Å². The van der Waals surface area contributed by atoms with Gasteiger partial charge in [-0.25, -0.2) is 4.79 Å². The van der Waals surface area contributed by atoms with Crippen molar-refractivity contribution in [1.29, 1.82) is 0 Å². The molecule has 4 rings (SSSR count). The van der Waals surface area contributed by atoms with Crippen LogP contribution in [0.15, 0.2) is 42.5 Å². The number of piperidine rings is 1. The Morgan fingerprint density at radius 2 is 1.74 bits per heavy atom. The molecule has 2 heterocycles. The molecule has 0 bridgehead atoms. The topological polar surface area (TPSA) is 104 Å². The van der Waals surface area contributed by atoms with Gasteiger partial charge < -0.3 is 10.0 Å². The van der Waals surface area contributed by atoms with E-state index in [0.717, 1.165) is 16.7 Å². The van der Waals surface area contributed by atoms with Crippen LogP contribution in [0.4, 0.5) is 0 Å². The van der Waals surface area contributed by atoms with Crippen LogP contribution in [0, 0.1) is 0 Å². The monoisotopic (exact) mass is 364 g/mol. The maximum Gasteiger partial charge on any atom is 0.335 e. The third-order valence-corrected chi connectivity index (χ3v) is 4.99. The summed E-state index contributed by atoms with van der Waals surface area (Å²) in [5.41, 5.74) is 3.27. The number of carboxylic acid groups (broad SMARTS) is 1. The van der Waals surface area contributed by atoms with Crippen molar-refractivity contribution in [3.63, 3.8) is 0 Å². The quantitative estimate of drug-likeness (QED) is 0.809. The van der Waals surface area contributed by atoms with E-state index in [0.29, 0.717) is 18.5 Å². The molecule has 0 radical (unpaired) electrons. The Morgan fingerprint density at radius 1 is 1.04 bits per heavy atom. The van der Waals surface area contributed by atoms with Crippen LogP contribution in [0.25, 0.3) is 11.1 Å². The standard InChI is InChI=1S/C20H16N2O5/c23-17-8-7-16(18(24)21-17)22-10-14-9-13(5-6-15(14)19(22)25)11-1-3-12(4-2-11)20(26)27/h1-6,9,16H,7-8,10H2,(H,26,27)(H,21,23,24). The van der Waals surface area contributed by atoms with Gasteiger partial charge in [-0.1, -0.05) is 18.2 Å². The summed E-state index contributed by atoms with van der Waals surface area (Å²) in [5, 5.41) is 11.3. The molecule has 0 aromatic heterocycles. The minimum atomic E-state index is -0.985. The van der Waals surface area contributed by atoms with E-state index in [-0.39, 0.29) is 23.8 Å². The molecule has 2 aromatic rings. The van der Waals surface area contributed by atoms with Crippen LogP contribution in [-0.4, -0.2) is 39.7 Å². The highest BCUT2D eigenvalue weighted by Crippen LogP contribution is 2.31. The van der Waals surface area contributed by atoms with Gasteiger partial charge in [-0.15, -0.1) is 0 Å². The third-order valence-electron chi connectivity index (χ3n) is 4.99. The minimum Gasteiger partial charge on any atom is -0.478 e. The van der Waals surface area contributed by atoms with Gasteiger partial charge in [-0.05, 0) is 47.4 Å². The highest BCUT2D eigenvalue weighted by molar-refractivity contribution is 6.05. The second kappa shape index (κ2) is 6.35. The van der Waals surface area contributed by atoms with Crippen molar-refractivity contribution >= 4 is 23.7 Å². The Balaban J connectivity index is 1.60. The van der Waals surface area contributed by atoms with Gasteiger partial charge >= 0.3 is 5.97 Å². The summed E-state index contributed by atoms with van der Waals surface area (Å²) < 4.78 is 0. The summed E-state index contributed by atoms with van der Waals surface area (Å²) in [6.07, 6.45) is 0.547. The van der Waals surface area contributed by atoms with Crippen molar-refractivity contribution in [3.05, 3.63) is 59.2 Å². The van der Waals surface area contributed by atoms with Crippen molar-refractivity contribution in [3.8, 4) is 11.1 Å². The van der Waals surface area contributed by atoms with Crippen molar-refractivity contribution in [2.75, 3.05) is 0 Å². The highest BCUT2D eigenvalue weighted by atomic mass is 16.4. The number of imide groups is 1. The van der Waals surface area contributed by atoms with Gasteiger partial charge in [0.2, 0.25) is 11.8 Å². The number of benzene rings is 2. The second-order valence-electron chi connectivity index (χ2n) is 6.65. The van der Waals surface area contributed by atoms with Gasteiger partial charge in [-0.2, -0.15) is 0 Å². The summed E-state index contributed by atoms with van der Waals surface area (Å²) in [6, 6.07) is 11.3. The van der Waals surface area contributed by atoms with Crippen LogP contribution in [0.2, 0.25) is 0 Å². The molecular weight excluding hydrogens is 348 g/mol. The largest absolute Gasteiger partial charge is 0.478 e. The number of nitrogens with zero attached hydrogens (tertiary/aromatic N) is 1. The fraction of sp³-hybridized carbons (Fsp3) is 0.200. The SMILES string of the molecule is O=C1CCC(N2Cc3cc(-c4ccc(C(=O)O)cc4)ccc3C2=O)C(=O)N1. The fourth-order valence-corrected chi connectivity index (χ4v) is 3.56. The first-order chi connectivity index (χ1) is 12.9. The molecular formula is C20H16N2O5. The van der Waals surface area contributed by atoms with Crippen LogP contribution >= 0.6 is 0 Å². The van der Waals surface area contributed by atoms with E-state index in [9.17, 15) is 19.2 Å². The van der Waals surface area contributed by atoms with E-state index in [1.165, 1.54) is 17.0 Å². The molecule has 1 atom stereocenters. The zero-order valence-corrected chi connectivity index (χ0v) is 14.3. The molecule has 3 amide bonds. The first kappa shape index (κ1) is 17.0. The molecule has 0 aliphatic carbocycles. The predicted octanol–water partition coefficient (Wildman–Crippen LogP) is 1.81. The zero-order valence-electron chi connectivity index (χ0n) is 14.3. The van der Waals surface area contributed by atoms with Gasteiger partial charge in [0.25, 0.3) is 5.91 Å². The number of nitrogens with one attached hydrogen (secondary N) is 1. The van der Waals surface area contributed by atoms with E-state index in [1.807, 2.05) is 6.07 Å². The number of carbonyl (C=O) groups excluding carboxylic acids is 3. The molecule has 136 valence electrons. The summed E-state index contributed by atoms with van der Waals surface area (Å²) >= 11 is 0. The first-order valence-electron chi connectivity index (χ1n) is 8.55. The number of rotatable bonds is 3. The molecule has 7 heteroatoms. The molecule has 7 nitrogen and oxygen atoms in total. The molecule has 2 aliphatic heterocycles. The minimum absolute atomic E-state index is 0.208. The molecule has 2 aromatic carbocycles. The smallest absolute Gasteiger partial charge is 0.335 e. The van der Waals surface area contributed by atoms with Crippen molar-refractivity contribution in [1.82, 2.24) is 10.2 Å². The van der Waals surface area contributed by atoms with Crippen LogP contribution in [0.1, 0.15) is 39.1 Å². The average Bonchev–Trinajstić information content (AvgIpc) is 2.98. The first-order valence-corrected chi connectivity index (χ1v) is 8.55. The Labute approximate surface area is 154 Å². The molecule has 2 N–H and O–H groups in total. The van der Waals surface area contributed by atoms with Gasteiger partial charge in [-0.3, -0.25) is 19.7 Å². The lowest BCUT2D eigenvalue weighted by atomic mass is 9.99. The number of hydrogen-bond donors (Lipinski definition) is 2. The van der Waals surface area contributed by atoms with Crippen molar-refractivity contribution in [2.24, 2.45) is 0 Å². The molecule has 1 fully saturated rings. The normalized spacial score (nSPS) is 19.0. The van der Waals surface area contributed by atoms with Crippen molar-refractivity contribution < 1.29 is 24.3 Å². The van der Waals surface area contributed by atoms with Crippen LogP contribution < -0.4 is 5.32 Å². The molecule has 1 saturated heterocycles. The number of carboxylic acids is 1. The number of amides is 3. The van der Waals surface area contributed by atoms with Crippen LogP contribution in [0.3, 0.4) is 0 Å². The lowest BCUT2D eigenvalue weighted by molar-refractivity contribution is -0.136. The summed E-state index contributed by atoms with van der Waals surface area (Å²) in [5.74, 6) is -1.95. The second-order valence-corrected chi connectivity index (χ2v) is 6.65. The van der Waals surface area contributed by atoms with Gasteiger partial charge in [0.05, 0.1) is 5.56 Å². The highest BCUT2D eigenvalue weighted by Gasteiger charge is 2.39. The number of hydrogen-bond acceptors (Lipinski definition) is 4. The van der Waals surface area contributed by atoms with E-state index >= 15 is 0 Å². The predicted molar refractivity (Wildman–Crippen MR) is 94.9 cm³/mol. The summed E-state index contributed by atoms with van der Waals surface area (Å²) in [4.78, 5) is 48.6. The Bertz CT molecular complexity index is 980.